The fraction of sp³-hybridized carbons (Fsp3) is 0.625. The molecule has 1 aromatic carbocycles. The zero-order valence-electron chi connectivity index (χ0n) is 12.8. The van der Waals surface area contributed by atoms with Crippen LogP contribution in [0.2, 0.25) is 0 Å². The number of hydrogen-bond donors (Lipinski definition) is 0. The monoisotopic (exact) mass is 292 g/mol. The molecular weight excluding hydrogens is 268 g/mol. The van der Waals surface area contributed by atoms with Crippen molar-refractivity contribution < 1.29 is 9.66 Å². The minimum Gasteiger partial charge on any atom is -0.380 e. The predicted octanol–water partition coefficient (Wildman–Crippen LogP) is 2.55. The molecule has 3 atom stereocenters. The fourth-order valence-electron chi connectivity index (χ4n) is 3.07. The number of benzene rings is 1. The van der Waals surface area contributed by atoms with E-state index in [4.69, 9.17) is 4.74 Å². The Hall–Kier alpha value is -1.46. The second kappa shape index (κ2) is 7.52. The molecule has 1 fully saturated rings. The first-order chi connectivity index (χ1) is 10.1. The van der Waals surface area contributed by atoms with Gasteiger partial charge in [0.15, 0.2) is 0 Å². The van der Waals surface area contributed by atoms with Gasteiger partial charge in [0.05, 0.1) is 19.1 Å². The van der Waals surface area contributed by atoms with Gasteiger partial charge >= 0.3 is 0 Å². The number of likely N-dealkylation sites (tertiary alicyclic amines) is 1. The van der Waals surface area contributed by atoms with Crippen LogP contribution < -0.4 is 0 Å². The standard InChI is InChI=1S/C16H24N2O3/c1-3-4-10-21-12-15-16(13-8-6-5-7-9-13)14(18(19)20)11-17(15)2/h5-9,14-16H,3-4,10-12H2,1-2H3/t14-,15+,16+/m0/s1. The largest absolute Gasteiger partial charge is 0.380 e. The van der Waals surface area contributed by atoms with Crippen LogP contribution in [0.1, 0.15) is 31.2 Å². The van der Waals surface area contributed by atoms with E-state index in [1.54, 1.807) is 0 Å². The topological polar surface area (TPSA) is 55.6 Å². The Morgan fingerprint density at radius 3 is 2.71 bits per heavy atom. The van der Waals surface area contributed by atoms with E-state index < -0.39 is 6.04 Å². The summed E-state index contributed by atoms with van der Waals surface area (Å²) in [5.41, 5.74) is 1.03. The summed E-state index contributed by atoms with van der Waals surface area (Å²) in [6.07, 6.45) is 2.13. The highest BCUT2D eigenvalue weighted by molar-refractivity contribution is 5.25. The highest BCUT2D eigenvalue weighted by Gasteiger charge is 2.47. The van der Waals surface area contributed by atoms with Crippen molar-refractivity contribution in [3.05, 3.63) is 46.0 Å². The van der Waals surface area contributed by atoms with Gasteiger partial charge in [-0.2, -0.15) is 0 Å². The lowest BCUT2D eigenvalue weighted by Crippen LogP contribution is -2.34. The van der Waals surface area contributed by atoms with Crippen molar-refractivity contribution in [2.75, 3.05) is 26.8 Å². The van der Waals surface area contributed by atoms with Crippen LogP contribution in [0.4, 0.5) is 0 Å². The molecule has 0 aromatic heterocycles. The first-order valence-electron chi connectivity index (χ1n) is 7.61. The third-order valence-electron chi connectivity index (χ3n) is 4.26. The average molecular weight is 292 g/mol. The van der Waals surface area contributed by atoms with E-state index in [2.05, 4.69) is 11.8 Å². The summed E-state index contributed by atoms with van der Waals surface area (Å²) in [7, 11) is 1.95. The number of nitro groups is 1. The van der Waals surface area contributed by atoms with Gasteiger partial charge in [0.25, 0.3) is 0 Å². The van der Waals surface area contributed by atoms with Crippen molar-refractivity contribution in [3.8, 4) is 0 Å². The zero-order chi connectivity index (χ0) is 15.2. The Balaban J connectivity index is 2.13. The van der Waals surface area contributed by atoms with Crippen LogP contribution in [0.15, 0.2) is 30.3 Å². The minimum absolute atomic E-state index is 0.0691. The number of hydrogen-bond acceptors (Lipinski definition) is 4. The lowest BCUT2D eigenvalue weighted by Gasteiger charge is -2.24. The minimum atomic E-state index is -0.558. The van der Waals surface area contributed by atoms with Crippen molar-refractivity contribution in [2.24, 2.45) is 0 Å². The molecule has 5 heteroatoms. The fourth-order valence-corrected chi connectivity index (χ4v) is 3.07. The molecular formula is C16H24N2O3. The van der Waals surface area contributed by atoms with E-state index in [1.807, 2.05) is 37.4 Å². The molecule has 0 aliphatic carbocycles. The maximum absolute atomic E-state index is 11.4. The summed E-state index contributed by atoms with van der Waals surface area (Å²) in [5.74, 6) is -0.104. The molecule has 0 radical (unpaired) electrons. The molecule has 1 aliphatic rings. The van der Waals surface area contributed by atoms with Crippen LogP contribution in [-0.4, -0.2) is 48.7 Å². The summed E-state index contributed by atoms with van der Waals surface area (Å²) < 4.78 is 5.74. The molecule has 2 rings (SSSR count). The molecule has 0 spiro atoms. The molecule has 0 bridgehead atoms. The Morgan fingerprint density at radius 1 is 1.38 bits per heavy atom. The Labute approximate surface area is 126 Å². The van der Waals surface area contributed by atoms with E-state index in [-0.39, 0.29) is 16.9 Å². The zero-order valence-corrected chi connectivity index (χ0v) is 12.8. The molecule has 0 unspecified atom stereocenters. The molecule has 0 saturated carbocycles. The highest BCUT2D eigenvalue weighted by atomic mass is 16.6. The first kappa shape index (κ1) is 15.9. The Kier molecular flexibility index (Phi) is 5.70. The van der Waals surface area contributed by atoms with Gasteiger partial charge in [-0.05, 0) is 19.0 Å². The molecule has 5 nitrogen and oxygen atoms in total. The number of ether oxygens (including phenoxy) is 1. The molecule has 1 aliphatic heterocycles. The number of nitrogens with zero attached hydrogens (tertiary/aromatic N) is 2. The van der Waals surface area contributed by atoms with Gasteiger partial charge in [0.2, 0.25) is 6.04 Å². The summed E-state index contributed by atoms with van der Waals surface area (Å²) in [4.78, 5) is 13.3. The normalized spacial score (nSPS) is 26.1. The van der Waals surface area contributed by atoms with Crippen molar-refractivity contribution >= 4 is 0 Å². The first-order valence-corrected chi connectivity index (χ1v) is 7.61. The van der Waals surface area contributed by atoms with Crippen LogP contribution in [0.25, 0.3) is 0 Å². The molecule has 1 aromatic rings. The van der Waals surface area contributed by atoms with Crippen LogP contribution in [0.3, 0.4) is 0 Å². The third kappa shape index (κ3) is 3.80. The molecule has 21 heavy (non-hydrogen) atoms. The van der Waals surface area contributed by atoms with Gasteiger partial charge < -0.3 is 4.74 Å². The van der Waals surface area contributed by atoms with Crippen molar-refractivity contribution in [2.45, 2.75) is 37.8 Å². The third-order valence-corrected chi connectivity index (χ3v) is 4.26. The maximum Gasteiger partial charge on any atom is 0.233 e. The van der Waals surface area contributed by atoms with Gasteiger partial charge in [-0.3, -0.25) is 15.0 Å². The summed E-state index contributed by atoms with van der Waals surface area (Å²) >= 11 is 0. The average Bonchev–Trinajstić information content (AvgIpc) is 2.82. The van der Waals surface area contributed by atoms with E-state index in [9.17, 15) is 10.1 Å². The van der Waals surface area contributed by atoms with E-state index in [1.165, 1.54) is 0 Å². The lowest BCUT2D eigenvalue weighted by atomic mass is 9.89. The Morgan fingerprint density at radius 2 is 2.10 bits per heavy atom. The second-order valence-electron chi connectivity index (χ2n) is 5.72. The van der Waals surface area contributed by atoms with Crippen molar-refractivity contribution in [1.29, 1.82) is 0 Å². The highest BCUT2D eigenvalue weighted by Crippen LogP contribution is 2.34. The molecule has 1 heterocycles. The van der Waals surface area contributed by atoms with Crippen LogP contribution in [-0.2, 0) is 4.74 Å². The van der Waals surface area contributed by atoms with Crippen LogP contribution in [0, 0.1) is 10.1 Å². The molecule has 1 saturated heterocycles. The van der Waals surface area contributed by atoms with Crippen LogP contribution >= 0.6 is 0 Å². The number of unbranched alkanes of at least 4 members (excludes halogenated alkanes) is 1. The maximum atomic E-state index is 11.4. The Bertz CT molecular complexity index is 452. The summed E-state index contributed by atoms with van der Waals surface area (Å²) in [5, 5.41) is 11.4. The van der Waals surface area contributed by atoms with Crippen molar-refractivity contribution in [3.63, 3.8) is 0 Å². The SMILES string of the molecule is CCCCOC[C@@H]1[C@H](c2ccccc2)[C@@H]([N+](=O)[O-])CN1C. The van der Waals surface area contributed by atoms with Gasteiger partial charge in [0.1, 0.15) is 0 Å². The van der Waals surface area contributed by atoms with E-state index in [0.717, 1.165) is 25.0 Å². The van der Waals surface area contributed by atoms with Gasteiger partial charge in [-0.15, -0.1) is 0 Å². The lowest BCUT2D eigenvalue weighted by molar-refractivity contribution is -0.521. The van der Waals surface area contributed by atoms with Gasteiger partial charge in [0, 0.05) is 17.6 Å². The summed E-state index contributed by atoms with van der Waals surface area (Å²) in [6.45, 7) is 3.89. The van der Waals surface area contributed by atoms with Gasteiger partial charge in [-0.25, -0.2) is 0 Å². The summed E-state index contributed by atoms with van der Waals surface area (Å²) in [6, 6.07) is 9.31. The molecule has 0 amide bonds. The quantitative estimate of drug-likeness (QED) is 0.440. The van der Waals surface area contributed by atoms with Crippen molar-refractivity contribution in [1.82, 2.24) is 4.90 Å². The molecule has 0 N–H and O–H groups in total. The predicted molar refractivity (Wildman–Crippen MR) is 82.1 cm³/mol. The number of rotatable bonds is 7. The van der Waals surface area contributed by atoms with Gasteiger partial charge in [-0.1, -0.05) is 43.7 Å². The second-order valence-corrected chi connectivity index (χ2v) is 5.72. The number of likely N-dealkylation sites (N-methyl/N-ethyl adjacent to an activating group) is 1. The van der Waals surface area contributed by atoms with E-state index >= 15 is 0 Å². The van der Waals surface area contributed by atoms with E-state index in [0.29, 0.717) is 13.2 Å². The molecule has 116 valence electrons. The van der Waals surface area contributed by atoms with Crippen LogP contribution in [0.5, 0.6) is 0 Å². The smallest absolute Gasteiger partial charge is 0.233 e.